The van der Waals surface area contributed by atoms with Crippen LogP contribution in [0.3, 0.4) is 0 Å². The second kappa shape index (κ2) is 8.26. The van der Waals surface area contributed by atoms with Crippen LogP contribution in [-0.4, -0.2) is 23.3 Å². The Kier molecular flexibility index (Phi) is 6.34. The van der Waals surface area contributed by atoms with E-state index in [1.54, 1.807) is 0 Å². The predicted molar refractivity (Wildman–Crippen MR) is 85.8 cm³/mol. The van der Waals surface area contributed by atoms with Crippen LogP contribution in [0, 0.1) is 0 Å². The molecule has 3 heteroatoms. The van der Waals surface area contributed by atoms with Gasteiger partial charge in [-0.3, -0.25) is 14.6 Å². The monoisotopic (exact) mass is 289 g/mol. The second-order valence-corrected chi connectivity index (χ2v) is 6.23. The van der Waals surface area contributed by atoms with Gasteiger partial charge in [0.05, 0.1) is 6.04 Å². The number of nitrogens with zero attached hydrogens (tertiary/aromatic N) is 1. The van der Waals surface area contributed by atoms with Crippen LogP contribution in [0.2, 0.25) is 0 Å². The summed E-state index contributed by atoms with van der Waals surface area (Å²) in [6.45, 7) is 2.19. The summed E-state index contributed by atoms with van der Waals surface area (Å²) < 4.78 is 0. The molecule has 0 aromatic rings. The lowest BCUT2D eigenvalue weighted by atomic mass is 9.99. The number of rotatable bonds is 5. The molecule has 0 fully saturated rings. The summed E-state index contributed by atoms with van der Waals surface area (Å²) in [4.78, 5) is 29.3. The molecular weight excluding hydrogens is 262 g/mol. The zero-order valence-corrected chi connectivity index (χ0v) is 13.2. The van der Waals surface area contributed by atoms with E-state index in [1.807, 2.05) is 6.08 Å². The quantitative estimate of drug-likeness (QED) is 0.712. The molecule has 0 amide bonds. The van der Waals surface area contributed by atoms with Crippen LogP contribution in [0.5, 0.6) is 0 Å². The molecule has 1 atom stereocenters. The fourth-order valence-electron chi connectivity index (χ4n) is 3.15. The SMILES string of the molecule is CCCCCC1CCCC(=O)C(C2=CCCCCC2=O)=N1. The molecule has 116 valence electrons. The van der Waals surface area contributed by atoms with Crippen molar-refractivity contribution in [2.75, 3.05) is 0 Å². The maximum atomic E-state index is 12.3. The standard InChI is InChI=1S/C18H27NO2/c1-2-3-5-9-14-10-8-13-17(21)18(19-14)15-11-6-4-7-12-16(15)20/h11,14H,2-10,12-13H2,1H3. The van der Waals surface area contributed by atoms with Crippen molar-refractivity contribution < 1.29 is 9.59 Å². The Morgan fingerprint density at radius 2 is 1.90 bits per heavy atom. The molecule has 21 heavy (non-hydrogen) atoms. The third-order valence-corrected chi connectivity index (χ3v) is 4.42. The highest BCUT2D eigenvalue weighted by atomic mass is 16.1. The molecule has 1 heterocycles. The molecule has 0 saturated heterocycles. The summed E-state index contributed by atoms with van der Waals surface area (Å²) in [6.07, 6.45) is 12.5. The molecule has 1 unspecified atom stereocenters. The number of hydrogen-bond donors (Lipinski definition) is 0. The Morgan fingerprint density at radius 1 is 1.10 bits per heavy atom. The van der Waals surface area contributed by atoms with Crippen molar-refractivity contribution in [2.24, 2.45) is 4.99 Å². The number of unbranched alkanes of at least 4 members (excludes halogenated alkanes) is 2. The largest absolute Gasteiger partial charge is 0.294 e. The smallest absolute Gasteiger partial charge is 0.181 e. The molecule has 2 aliphatic rings. The van der Waals surface area contributed by atoms with Crippen LogP contribution in [-0.2, 0) is 9.59 Å². The van der Waals surface area contributed by atoms with Crippen molar-refractivity contribution in [2.45, 2.75) is 83.6 Å². The number of carbonyl (C=O) groups excluding carboxylic acids is 2. The maximum absolute atomic E-state index is 12.3. The molecular formula is C18H27NO2. The van der Waals surface area contributed by atoms with Gasteiger partial charge < -0.3 is 0 Å². The number of carbonyl (C=O) groups is 2. The van der Waals surface area contributed by atoms with E-state index in [4.69, 9.17) is 4.99 Å². The summed E-state index contributed by atoms with van der Waals surface area (Å²) in [7, 11) is 0. The van der Waals surface area contributed by atoms with Gasteiger partial charge >= 0.3 is 0 Å². The van der Waals surface area contributed by atoms with E-state index in [0.29, 0.717) is 24.1 Å². The molecule has 0 bridgehead atoms. The molecule has 0 saturated carbocycles. The first-order chi connectivity index (χ1) is 10.2. The van der Waals surface area contributed by atoms with Crippen LogP contribution >= 0.6 is 0 Å². The van der Waals surface area contributed by atoms with E-state index < -0.39 is 0 Å². The Labute approximate surface area is 127 Å². The summed E-state index contributed by atoms with van der Waals surface area (Å²) in [5, 5.41) is 0. The van der Waals surface area contributed by atoms with Gasteiger partial charge in [0.15, 0.2) is 11.6 Å². The zero-order chi connectivity index (χ0) is 15.1. The molecule has 3 nitrogen and oxygen atoms in total. The van der Waals surface area contributed by atoms with Gasteiger partial charge in [0.1, 0.15) is 5.71 Å². The Balaban J connectivity index is 2.17. The van der Waals surface area contributed by atoms with Crippen molar-refractivity contribution in [1.82, 2.24) is 0 Å². The van der Waals surface area contributed by atoms with Gasteiger partial charge in [0.25, 0.3) is 0 Å². The minimum absolute atomic E-state index is 0.0782. The second-order valence-electron chi connectivity index (χ2n) is 6.23. The van der Waals surface area contributed by atoms with Gasteiger partial charge in [-0.2, -0.15) is 0 Å². The lowest BCUT2D eigenvalue weighted by Crippen LogP contribution is -2.22. The highest BCUT2D eigenvalue weighted by Gasteiger charge is 2.26. The van der Waals surface area contributed by atoms with E-state index in [2.05, 4.69) is 6.92 Å². The predicted octanol–water partition coefficient (Wildman–Crippen LogP) is 4.20. The van der Waals surface area contributed by atoms with Gasteiger partial charge in [-0.25, -0.2) is 0 Å². The third kappa shape index (κ3) is 4.62. The van der Waals surface area contributed by atoms with E-state index in [0.717, 1.165) is 38.5 Å². The fourth-order valence-corrected chi connectivity index (χ4v) is 3.15. The van der Waals surface area contributed by atoms with Crippen molar-refractivity contribution in [3.63, 3.8) is 0 Å². The highest BCUT2D eigenvalue weighted by molar-refractivity contribution is 6.52. The van der Waals surface area contributed by atoms with Gasteiger partial charge in [-0.15, -0.1) is 0 Å². The summed E-state index contributed by atoms with van der Waals surface area (Å²) in [5.41, 5.74) is 1.13. The zero-order valence-electron chi connectivity index (χ0n) is 13.2. The molecule has 0 aromatic carbocycles. The average molecular weight is 289 g/mol. The molecule has 0 aromatic heterocycles. The Hall–Kier alpha value is -1.25. The van der Waals surface area contributed by atoms with Crippen molar-refractivity contribution in [3.8, 4) is 0 Å². The lowest BCUT2D eigenvalue weighted by Gasteiger charge is -2.12. The van der Waals surface area contributed by atoms with Crippen molar-refractivity contribution >= 4 is 17.3 Å². The van der Waals surface area contributed by atoms with Crippen LogP contribution in [0.4, 0.5) is 0 Å². The summed E-state index contributed by atoms with van der Waals surface area (Å²) in [6, 6.07) is 0.231. The molecule has 0 radical (unpaired) electrons. The normalized spacial score (nSPS) is 24.1. The van der Waals surface area contributed by atoms with Crippen LogP contribution in [0.15, 0.2) is 16.6 Å². The van der Waals surface area contributed by atoms with Crippen LogP contribution in [0.25, 0.3) is 0 Å². The van der Waals surface area contributed by atoms with Crippen molar-refractivity contribution in [3.05, 3.63) is 11.6 Å². The highest BCUT2D eigenvalue weighted by Crippen LogP contribution is 2.23. The fraction of sp³-hybridized carbons (Fsp3) is 0.722. The molecule has 1 aliphatic carbocycles. The number of hydrogen-bond acceptors (Lipinski definition) is 3. The summed E-state index contributed by atoms with van der Waals surface area (Å²) in [5.74, 6) is 0.197. The van der Waals surface area contributed by atoms with Crippen LogP contribution < -0.4 is 0 Å². The molecule has 0 N–H and O–H groups in total. The van der Waals surface area contributed by atoms with Crippen molar-refractivity contribution in [1.29, 1.82) is 0 Å². The minimum Gasteiger partial charge on any atom is -0.294 e. The lowest BCUT2D eigenvalue weighted by molar-refractivity contribution is -0.116. The number of ketones is 2. The first kappa shape index (κ1) is 16.1. The van der Waals surface area contributed by atoms with Gasteiger partial charge in [0, 0.05) is 18.4 Å². The Morgan fingerprint density at radius 3 is 2.71 bits per heavy atom. The number of Topliss-reactive ketones (excluding diaryl/α,β-unsaturated/α-hetero) is 2. The molecule has 2 rings (SSSR count). The van der Waals surface area contributed by atoms with E-state index in [1.165, 1.54) is 19.3 Å². The van der Waals surface area contributed by atoms with Gasteiger partial charge in [0.2, 0.25) is 0 Å². The van der Waals surface area contributed by atoms with E-state index >= 15 is 0 Å². The van der Waals surface area contributed by atoms with Gasteiger partial charge in [-0.1, -0.05) is 32.3 Å². The van der Waals surface area contributed by atoms with E-state index in [-0.39, 0.29) is 17.6 Å². The minimum atomic E-state index is 0.0782. The average Bonchev–Trinajstić information content (AvgIpc) is 2.78. The Bertz CT molecular complexity index is 448. The van der Waals surface area contributed by atoms with Crippen LogP contribution in [0.1, 0.15) is 77.6 Å². The maximum Gasteiger partial charge on any atom is 0.181 e. The number of allylic oxidation sites excluding steroid dienone is 2. The topological polar surface area (TPSA) is 46.5 Å². The molecule has 1 aliphatic heterocycles. The molecule has 0 spiro atoms. The first-order valence-electron chi connectivity index (χ1n) is 8.57. The summed E-state index contributed by atoms with van der Waals surface area (Å²) >= 11 is 0. The third-order valence-electron chi connectivity index (χ3n) is 4.42. The van der Waals surface area contributed by atoms with E-state index in [9.17, 15) is 9.59 Å². The number of aliphatic imine (C=N–C) groups is 1. The first-order valence-corrected chi connectivity index (χ1v) is 8.57. The van der Waals surface area contributed by atoms with Gasteiger partial charge in [-0.05, 0) is 38.5 Å².